The Morgan fingerprint density at radius 1 is 0.919 bits per heavy atom. The number of hydrogen-bond donors (Lipinski definition) is 1. The van der Waals surface area contributed by atoms with Gasteiger partial charge in [-0.1, -0.05) is 59.8 Å². The fourth-order valence-electron chi connectivity index (χ4n) is 5.07. The van der Waals surface area contributed by atoms with Gasteiger partial charge in [-0.3, -0.25) is 24.5 Å². The molecule has 1 unspecified atom stereocenters. The van der Waals surface area contributed by atoms with E-state index in [0.29, 0.717) is 0 Å². The number of carbonyl (C=O) groups is 1. The second-order valence-electron chi connectivity index (χ2n) is 10.0. The zero-order chi connectivity index (χ0) is 25.5. The molecule has 0 aliphatic carbocycles. The van der Waals surface area contributed by atoms with Crippen molar-refractivity contribution in [1.82, 2.24) is 19.7 Å². The molecule has 0 radical (unpaired) electrons. The summed E-state index contributed by atoms with van der Waals surface area (Å²) in [5, 5.41) is 20.2. The van der Waals surface area contributed by atoms with Gasteiger partial charge in [-0.2, -0.15) is 5.10 Å². The van der Waals surface area contributed by atoms with Crippen LogP contribution in [-0.2, 0) is 16.2 Å². The highest BCUT2D eigenvalue weighted by Crippen LogP contribution is 2.19. The summed E-state index contributed by atoms with van der Waals surface area (Å²) < 4.78 is 0. The summed E-state index contributed by atoms with van der Waals surface area (Å²) >= 11 is 0. The van der Waals surface area contributed by atoms with Gasteiger partial charge in [0.15, 0.2) is 0 Å². The Morgan fingerprint density at radius 2 is 1.59 bits per heavy atom. The van der Waals surface area contributed by atoms with E-state index in [1.165, 1.54) is 5.56 Å². The Balaban J connectivity index is 1.03. The predicted octanol–water partition coefficient (Wildman–Crippen LogP) is 2.03. The fraction of sp³-hybridized carbons (Fsp3) is 0.464. The van der Waals surface area contributed by atoms with Gasteiger partial charge in [-0.25, -0.2) is 0 Å². The zero-order valence-electron chi connectivity index (χ0n) is 21.3. The van der Waals surface area contributed by atoms with Crippen molar-refractivity contribution in [2.45, 2.75) is 19.1 Å². The quantitative estimate of drug-likeness (QED) is 0.523. The Kier molecular flexibility index (Phi) is 8.45. The van der Waals surface area contributed by atoms with Crippen molar-refractivity contribution >= 4 is 17.9 Å². The number of hydrogen-bond acceptors (Lipinski definition) is 8. The van der Waals surface area contributed by atoms with E-state index in [0.717, 1.165) is 88.7 Å². The maximum Gasteiger partial charge on any atom is 0.317 e. The normalized spacial score (nSPS) is 21.8. The van der Waals surface area contributed by atoms with Gasteiger partial charge in [0.25, 0.3) is 0 Å². The molecule has 3 aliphatic rings. The number of benzene rings is 2. The number of rotatable bonds is 9. The van der Waals surface area contributed by atoms with Gasteiger partial charge in [0.05, 0.1) is 18.5 Å². The highest BCUT2D eigenvalue weighted by Gasteiger charge is 2.27. The van der Waals surface area contributed by atoms with Crippen LogP contribution in [0.2, 0.25) is 0 Å². The summed E-state index contributed by atoms with van der Waals surface area (Å²) in [5.74, 6) is -0.764. The number of carboxylic acid groups (broad SMARTS) is 1. The lowest BCUT2D eigenvalue weighted by molar-refractivity contribution is -0.138. The summed E-state index contributed by atoms with van der Waals surface area (Å²) in [4.78, 5) is 23.4. The number of oxime groups is 1. The standard InChI is InChI=1S/C28H36N6O3/c35-28(36)22-33-12-10-32(11-13-33)21-26-18-27(30-37-26)25-8-6-23(7-9-25)19-29-34-16-14-31(15-17-34)20-24-4-2-1-3-5-24/h1-9,19,26H,10-18,20-22H2,(H,35,36)/b29-19+. The fourth-order valence-corrected chi connectivity index (χ4v) is 5.07. The van der Waals surface area contributed by atoms with Crippen LogP contribution in [0.25, 0.3) is 0 Å². The lowest BCUT2D eigenvalue weighted by atomic mass is 10.0. The highest BCUT2D eigenvalue weighted by molar-refractivity contribution is 6.01. The molecule has 9 nitrogen and oxygen atoms in total. The van der Waals surface area contributed by atoms with Crippen molar-refractivity contribution in [2.75, 3.05) is 65.4 Å². The summed E-state index contributed by atoms with van der Waals surface area (Å²) in [6.07, 6.45) is 2.77. The van der Waals surface area contributed by atoms with Crippen LogP contribution < -0.4 is 0 Å². The number of hydrazone groups is 1. The predicted molar refractivity (Wildman–Crippen MR) is 144 cm³/mol. The first-order valence-electron chi connectivity index (χ1n) is 13.2. The van der Waals surface area contributed by atoms with E-state index in [2.05, 4.69) is 74.6 Å². The summed E-state index contributed by atoms with van der Waals surface area (Å²) in [6, 6.07) is 19.0. The van der Waals surface area contributed by atoms with E-state index in [-0.39, 0.29) is 12.6 Å². The van der Waals surface area contributed by atoms with Crippen LogP contribution in [0.15, 0.2) is 64.9 Å². The van der Waals surface area contributed by atoms with Crippen LogP contribution in [0.1, 0.15) is 23.1 Å². The molecule has 37 heavy (non-hydrogen) atoms. The average molecular weight is 505 g/mol. The molecule has 196 valence electrons. The SMILES string of the molecule is O=C(O)CN1CCN(CC2CC(c3ccc(/C=N/N4CCN(Cc5ccccc5)CC4)cc3)=NO2)CC1. The van der Waals surface area contributed by atoms with E-state index < -0.39 is 5.97 Å². The first-order chi connectivity index (χ1) is 18.1. The Bertz CT molecular complexity index is 1070. The molecule has 2 saturated heterocycles. The third-order valence-electron chi connectivity index (χ3n) is 7.23. The molecule has 0 saturated carbocycles. The molecule has 2 aromatic carbocycles. The molecule has 0 spiro atoms. The molecule has 2 aromatic rings. The molecule has 2 fully saturated rings. The van der Waals surface area contributed by atoms with Gasteiger partial charge in [-0.15, -0.1) is 0 Å². The maximum absolute atomic E-state index is 10.9. The van der Waals surface area contributed by atoms with Crippen molar-refractivity contribution in [2.24, 2.45) is 10.3 Å². The van der Waals surface area contributed by atoms with Crippen molar-refractivity contribution in [1.29, 1.82) is 0 Å². The van der Waals surface area contributed by atoms with Crippen molar-refractivity contribution in [3.05, 3.63) is 71.3 Å². The van der Waals surface area contributed by atoms with E-state index in [1.54, 1.807) is 0 Å². The van der Waals surface area contributed by atoms with E-state index >= 15 is 0 Å². The molecule has 0 amide bonds. The Hall–Kier alpha value is -3.27. The van der Waals surface area contributed by atoms with Crippen LogP contribution in [0.4, 0.5) is 0 Å². The van der Waals surface area contributed by atoms with Crippen molar-refractivity contribution < 1.29 is 14.7 Å². The molecule has 0 bridgehead atoms. The van der Waals surface area contributed by atoms with Crippen molar-refractivity contribution in [3.63, 3.8) is 0 Å². The first-order valence-corrected chi connectivity index (χ1v) is 13.2. The zero-order valence-corrected chi connectivity index (χ0v) is 21.3. The summed E-state index contributed by atoms with van der Waals surface area (Å²) in [6.45, 7) is 9.11. The molecule has 5 rings (SSSR count). The van der Waals surface area contributed by atoms with Gasteiger partial charge < -0.3 is 9.94 Å². The van der Waals surface area contributed by atoms with Gasteiger partial charge >= 0.3 is 5.97 Å². The Morgan fingerprint density at radius 3 is 2.30 bits per heavy atom. The average Bonchev–Trinajstić information content (AvgIpc) is 3.38. The lowest BCUT2D eigenvalue weighted by Crippen LogP contribution is -2.49. The second-order valence-corrected chi connectivity index (χ2v) is 10.0. The summed E-state index contributed by atoms with van der Waals surface area (Å²) in [5.41, 5.74) is 4.50. The van der Waals surface area contributed by atoms with Crippen LogP contribution in [0, 0.1) is 0 Å². The minimum Gasteiger partial charge on any atom is -0.480 e. The molecule has 1 atom stereocenters. The first kappa shape index (κ1) is 25.4. The van der Waals surface area contributed by atoms with Crippen LogP contribution in [0.5, 0.6) is 0 Å². The third kappa shape index (κ3) is 7.38. The second kappa shape index (κ2) is 12.3. The molecule has 1 N–H and O–H groups in total. The number of aliphatic carboxylic acids is 1. The molecular formula is C28H36N6O3. The molecule has 0 aromatic heterocycles. The maximum atomic E-state index is 10.9. The minimum absolute atomic E-state index is 0.0443. The van der Waals surface area contributed by atoms with Gasteiger partial charge in [0.2, 0.25) is 0 Å². The molecule has 3 heterocycles. The molecule has 3 aliphatic heterocycles. The van der Waals surface area contributed by atoms with E-state index in [4.69, 9.17) is 15.0 Å². The highest BCUT2D eigenvalue weighted by atomic mass is 16.6. The number of nitrogens with zero attached hydrogens (tertiary/aromatic N) is 6. The van der Waals surface area contributed by atoms with Crippen LogP contribution in [0.3, 0.4) is 0 Å². The topological polar surface area (TPSA) is 84.2 Å². The number of carboxylic acids is 1. The lowest BCUT2D eigenvalue weighted by Gasteiger charge is -2.34. The monoisotopic (exact) mass is 504 g/mol. The molecular weight excluding hydrogens is 468 g/mol. The molecule has 9 heteroatoms. The van der Waals surface area contributed by atoms with Crippen molar-refractivity contribution in [3.8, 4) is 0 Å². The Labute approximate surface area is 218 Å². The van der Waals surface area contributed by atoms with E-state index in [9.17, 15) is 4.79 Å². The minimum atomic E-state index is -0.764. The van der Waals surface area contributed by atoms with Crippen LogP contribution in [-0.4, -0.2) is 114 Å². The van der Waals surface area contributed by atoms with Gasteiger partial charge in [0, 0.05) is 71.9 Å². The van der Waals surface area contributed by atoms with Gasteiger partial charge in [-0.05, 0) is 16.7 Å². The van der Waals surface area contributed by atoms with Gasteiger partial charge in [0.1, 0.15) is 6.10 Å². The largest absolute Gasteiger partial charge is 0.480 e. The number of piperazine rings is 2. The van der Waals surface area contributed by atoms with E-state index in [1.807, 2.05) is 11.1 Å². The smallest absolute Gasteiger partial charge is 0.317 e. The van der Waals surface area contributed by atoms with Crippen LogP contribution >= 0.6 is 0 Å². The summed E-state index contributed by atoms with van der Waals surface area (Å²) in [7, 11) is 0. The third-order valence-corrected chi connectivity index (χ3v) is 7.23.